The fourth-order valence-electron chi connectivity index (χ4n) is 4.51. The molecule has 31 heavy (non-hydrogen) atoms. The van der Waals surface area contributed by atoms with E-state index in [1.54, 1.807) is 4.57 Å². The summed E-state index contributed by atoms with van der Waals surface area (Å²) in [7, 11) is 1.50. The number of aromatic nitrogens is 2. The van der Waals surface area contributed by atoms with Gasteiger partial charge < -0.3 is 5.11 Å². The van der Waals surface area contributed by atoms with Crippen molar-refractivity contribution in [1.29, 1.82) is 0 Å². The second-order valence-corrected chi connectivity index (χ2v) is 10.2. The van der Waals surface area contributed by atoms with Gasteiger partial charge in [-0.25, -0.2) is 4.79 Å². The predicted octanol–water partition coefficient (Wildman–Crippen LogP) is 4.44. The Hall–Kier alpha value is -2.48. The molecule has 0 atom stereocenters. The zero-order valence-electron chi connectivity index (χ0n) is 17.3. The number of rotatable bonds is 3. The van der Waals surface area contributed by atoms with Gasteiger partial charge in [0.1, 0.15) is 4.83 Å². The molecule has 2 aromatic heterocycles. The van der Waals surface area contributed by atoms with Crippen molar-refractivity contribution >= 4 is 37.5 Å². The number of benzene rings is 2. The van der Waals surface area contributed by atoms with Crippen molar-refractivity contribution in [2.75, 3.05) is 0 Å². The largest absolute Gasteiger partial charge is 0.375 e. The normalized spacial score (nSPS) is 14.3. The monoisotopic (exact) mass is 496 g/mol. The molecule has 4 aromatic rings. The van der Waals surface area contributed by atoms with Crippen molar-refractivity contribution < 1.29 is 5.11 Å². The first-order valence-electron chi connectivity index (χ1n) is 10.1. The average molecular weight is 497 g/mol. The summed E-state index contributed by atoms with van der Waals surface area (Å²) in [6.07, 6.45) is 0. The molecule has 2 heterocycles. The molecule has 1 N–H and O–H groups in total. The highest BCUT2D eigenvalue weighted by Crippen LogP contribution is 2.54. The highest BCUT2D eigenvalue weighted by molar-refractivity contribution is 9.10. The Morgan fingerprint density at radius 2 is 1.58 bits per heavy atom. The lowest BCUT2D eigenvalue weighted by molar-refractivity contribution is 0.134. The smallest absolute Gasteiger partial charge is 0.331 e. The molecule has 2 aromatic carbocycles. The zero-order chi connectivity index (χ0) is 22.1. The summed E-state index contributed by atoms with van der Waals surface area (Å²) in [6, 6.07) is 15.6. The minimum atomic E-state index is -1.42. The lowest BCUT2D eigenvalue weighted by Crippen LogP contribution is -2.38. The molecule has 1 aliphatic carbocycles. The van der Waals surface area contributed by atoms with Gasteiger partial charge in [-0.3, -0.25) is 13.9 Å². The van der Waals surface area contributed by atoms with E-state index < -0.39 is 5.60 Å². The van der Waals surface area contributed by atoms with E-state index in [0.717, 1.165) is 26.8 Å². The molecule has 0 amide bonds. The fourth-order valence-corrected chi connectivity index (χ4v) is 6.84. The molecule has 0 spiro atoms. The van der Waals surface area contributed by atoms with Crippen molar-refractivity contribution in [2.24, 2.45) is 13.0 Å². The van der Waals surface area contributed by atoms with E-state index in [-0.39, 0.29) is 17.2 Å². The molecule has 1 aliphatic rings. The van der Waals surface area contributed by atoms with Gasteiger partial charge in [-0.15, -0.1) is 11.3 Å². The summed E-state index contributed by atoms with van der Waals surface area (Å²) in [6.45, 7) is 4.55. The van der Waals surface area contributed by atoms with Gasteiger partial charge in [-0.05, 0) is 33.0 Å². The SMILES string of the molecule is CC(C)Cn1c(=O)n(C)c(=O)c2c(Br)c(C3(O)c4ccccc4-c4ccccc43)sc21. The second kappa shape index (κ2) is 7.02. The number of aliphatic hydroxyl groups is 1. The van der Waals surface area contributed by atoms with E-state index in [2.05, 4.69) is 15.9 Å². The summed E-state index contributed by atoms with van der Waals surface area (Å²) < 4.78 is 3.34. The van der Waals surface area contributed by atoms with Crippen molar-refractivity contribution in [3.8, 4) is 11.1 Å². The van der Waals surface area contributed by atoms with Gasteiger partial charge in [0.25, 0.3) is 5.56 Å². The molecule has 0 saturated carbocycles. The van der Waals surface area contributed by atoms with E-state index in [1.165, 1.54) is 18.4 Å². The third-order valence-electron chi connectivity index (χ3n) is 5.91. The van der Waals surface area contributed by atoms with Crippen LogP contribution in [0.25, 0.3) is 21.3 Å². The van der Waals surface area contributed by atoms with Gasteiger partial charge in [-0.2, -0.15) is 0 Å². The summed E-state index contributed by atoms with van der Waals surface area (Å²) >= 11 is 4.94. The third-order valence-corrected chi connectivity index (χ3v) is 8.29. The Morgan fingerprint density at radius 1 is 1.03 bits per heavy atom. The molecule has 0 fully saturated rings. The summed E-state index contributed by atoms with van der Waals surface area (Å²) in [5.74, 6) is 0.221. The molecule has 0 aliphatic heterocycles. The topological polar surface area (TPSA) is 64.2 Å². The van der Waals surface area contributed by atoms with E-state index in [4.69, 9.17) is 0 Å². The maximum absolute atomic E-state index is 13.1. The fraction of sp³-hybridized carbons (Fsp3) is 0.250. The first-order valence-corrected chi connectivity index (χ1v) is 11.7. The van der Waals surface area contributed by atoms with Crippen LogP contribution in [0.5, 0.6) is 0 Å². The number of hydrogen-bond donors (Lipinski definition) is 1. The minimum Gasteiger partial charge on any atom is -0.375 e. The molecule has 158 valence electrons. The van der Waals surface area contributed by atoms with Crippen LogP contribution in [0.2, 0.25) is 0 Å². The Balaban J connectivity index is 1.91. The number of nitrogens with zero attached hydrogens (tertiary/aromatic N) is 2. The van der Waals surface area contributed by atoms with Gasteiger partial charge in [0.15, 0.2) is 5.60 Å². The number of fused-ring (bicyclic) bond motifs is 4. The molecule has 5 nitrogen and oxygen atoms in total. The Kier molecular flexibility index (Phi) is 4.62. The minimum absolute atomic E-state index is 0.221. The first kappa shape index (κ1) is 20.4. The van der Waals surface area contributed by atoms with Crippen LogP contribution in [-0.4, -0.2) is 14.2 Å². The van der Waals surface area contributed by atoms with Gasteiger partial charge in [-0.1, -0.05) is 62.4 Å². The zero-order valence-corrected chi connectivity index (χ0v) is 19.8. The van der Waals surface area contributed by atoms with Gasteiger partial charge >= 0.3 is 5.69 Å². The van der Waals surface area contributed by atoms with Gasteiger partial charge in [0.05, 0.1) is 14.7 Å². The standard InChI is InChI=1S/C24H21BrN2O3S/c1-13(2)12-27-22-18(21(28)26(3)23(27)29)19(25)20(31-22)24(30)16-10-6-4-8-14(16)15-9-5-7-11-17(15)24/h4-11,13,30H,12H2,1-3H3. The van der Waals surface area contributed by atoms with Crippen LogP contribution >= 0.6 is 27.3 Å². The van der Waals surface area contributed by atoms with E-state index in [0.29, 0.717) is 26.1 Å². The summed E-state index contributed by atoms with van der Waals surface area (Å²) in [5.41, 5.74) is 1.37. The van der Waals surface area contributed by atoms with Crippen molar-refractivity contribution in [3.05, 3.63) is 89.8 Å². The molecule has 0 unspecified atom stereocenters. The number of hydrogen-bond acceptors (Lipinski definition) is 4. The Labute approximate surface area is 191 Å². The van der Waals surface area contributed by atoms with E-state index in [1.807, 2.05) is 62.4 Å². The van der Waals surface area contributed by atoms with Crippen molar-refractivity contribution in [3.63, 3.8) is 0 Å². The van der Waals surface area contributed by atoms with Gasteiger partial charge in [0, 0.05) is 24.7 Å². The maximum Gasteiger partial charge on any atom is 0.331 e. The molecule has 0 bridgehead atoms. The van der Waals surface area contributed by atoms with Crippen LogP contribution in [-0.2, 0) is 19.2 Å². The van der Waals surface area contributed by atoms with Crippen LogP contribution < -0.4 is 11.2 Å². The molecule has 0 radical (unpaired) electrons. The summed E-state index contributed by atoms with van der Waals surface area (Å²) in [4.78, 5) is 27.2. The quantitative estimate of drug-likeness (QED) is 0.455. The molecule has 5 rings (SSSR count). The highest BCUT2D eigenvalue weighted by atomic mass is 79.9. The second-order valence-electron chi connectivity index (χ2n) is 8.38. The van der Waals surface area contributed by atoms with E-state index >= 15 is 0 Å². The lowest BCUT2D eigenvalue weighted by atomic mass is 9.89. The predicted molar refractivity (Wildman–Crippen MR) is 128 cm³/mol. The maximum atomic E-state index is 13.1. The van der Waals surface area contributed by atoms with Crippen LogP contribution in [0.3, 0.4) is 0 Å². The van der Waals surface area contributed by atoms with Crippen molar-refractivity contribution in [1.82, 2.24) is 9.13 Å². The molecular formula is C24H21BrN2O3S. The molecular weight excluding hydrogens is 476 g/mol. The van der Waals surface area contributed by atoms with Crippen LogP contribution in [0.1, 0.15) is 29.9 Å². The average Bonchev–Trinajstić information content (AvgIpc) is 3.24. The van der Waals surface area contributed by atoms with Crippen LogP contribution in [0.15, 0.2) is 62.6 Å². The van der Waals surface area contributed by atoms with Crippen LogP contribution in [0, 0.1) is 5.92 Å². The molecule has 0 saturated heterocycles. The molecule has 7 heteroatoms. The number of halogens is 1. The lowest BCUT2D eigenvalue weighted by Gasteiger charge is -2.25. The summed E-state index contributed by atoms with van der Waals surface area (Å²) in [5, 5.41) is 12.7. The number of thiophene rings is 1. The Bertz CT molecular complexity index is 1430. The first-order chi connectivity index (χ1) is 14.8. The van der Waals surface area contributed by atoms with E-state index in [9.17, 15) is 14.7 Å². The van der Waals surface area contributed by atoms with Crippen LogP contribution in [0.4, 0.5) is 0 Å². The third kappa shape index (κ3) is 2.70. The highest BCUT2D eigenvalue weighted by Gasteiger charge is 2.46. The Morgan fingerprint density at radius 3 is 2.13 bits per heavy atom. The van der Waals surface area contributed by atoms with Crippen molar-refractivity contribution in [2.45, 2.75) is 26.0 Å². The van der Waals surface area contributed by atoms with Gasteiger partial charge in [0.2, 0.25) is 0 Å².